The van der Waals surface area contributed by atoms with Crippen molar-refractivity contribution in [2.45, 2.75) is 13.5 Å². The van der Waals surface area contributed by atoms with Crippen LogP contribution in [0, 0.1) is 22.4 Å². The Kier molecular flexibility index (Phi) is 4.55. The molecule has 0 unspecified atom stereocenters. The first-order valence-electron chi connectivity index (χ1n) is 6.29. The first-order chi connectivity index (χ1) is 10.0. The number of rotatable bonds is 5. The van der Waals surface area contributed by atoms with E-state index in [1.54, 1.807) is 25.1 Å². The number of anilines is 1. The van der Waals surface area contributed by atoms with Crippen molar-refractivity contribution in [1.82, 2.24) is 0 Å². The summed E-state index contributed by atoms with van der Waals surface area (Å²) in [5, 5.41) is 22.2. The Morgan fingerprint density at radius 1 is 1.33 bits per heavy atom. The van der Waals surface area contributed by atoms with Crippen LogP contribution in [0.2, 0.25) is 5.02 Å². The first kappa shape index (κ1) is 15.0. The summed E-state index contributed by atoms with van der Waals surface area (Å²) in [5.74, 6) is 0. The quantitative estimate of drug-likeness (QED) is 0.494. The summed E-state index contributed by atoms with van der Waals surface area (Å²) < 4.78 is 0. The smallest absolute Gasteiger partial charge is 0.273 e. The Labute approximate surface area is 127 Å². The Bertz CT molecular complexity index is 684. The third-order valence-corrected chi connectivity index (χ3v) is 3.37. The number of hydrogen-bond donors (Lipinski definition) is 2. The number of nitro benzene ring substituents is 1. The van der Waals surface area contributed by atoms with Gasteiger partial charge in [-0.15, -0.1) is 0 Å². The zero-order valence-corrected chi connectivity index (χ0v) is 12.1. The molecule has 2 N–H and O–H groups in total. The van der Waals surface area contributed by atoms with Crippen LogP contribution in [0.5, 0.6) is 0 Å². The molecule has 2 rings (SSSR count). The molecule has 108 valence electrons. The van der Waals surface area contributed by atoms with Gasteiger partial charge >= 0.3 is 0 Å². The van der Waals surface area contributed by atoms with Gasteiger partial charge < -0.3 is 10.7 Å². The van der Waals surface area contributed by atoms with Gasteiger partial charge in [0.05, 0.1) is 4.92 Å². The van der Waals surface area contributed by atoms with Crippen LogP contribution in [0.4, 0.5) is 11.4 Å². The van der Waals surface area contributed by atoms with Crippen LogP contribution < -0.4 is 5.32 Å². The third kappa shape index (κ3) is 3.58. The van der Waals surface area contributed by atoms with Gasteiger partial charge in [-0.25, -0.2) is 0 Å². The molecule has 21 heavy (non-hydrogen) atoms. The second kappa shape index (κ2) is 6.37. The highest BCUT2D eigenvalue weighted by Gasteiger charge is 2.14. The minimum Gasteiger partial charge on any atom is -0.380 e. The monoisotopic (exact) mass is 303 g/mol. The Morgan fingerprint density at radius 2 is 2.00 bits per heavy atom. The predicted molar refractivity (Wildman–Crippen MR) is 84.5 cm³/mol. The van der Waals surface area contributed by atoms with Crippen molar-refractivity contribution in [2.24, 2.45) is 0 Å². The fourth-order valence-corrected chi connectivity index (χ4v) is 2.11. The summed E-state index contributed by atoms with van der Waals surface area (Å²) in [4.78, 5) is 10.5. The summed E-state index contributed by atoms with van der Waals surface area (Å²) in [6.07, 6.45) is 1.11. The standard InChI is InChI=1S/C15H14ClN3O2/c1-10-6-14(12(8-17)7-15(10)19(20)21)18-9-11-2-4-13(16)5-3-11/h2-8,17-18H,9H2,1H3. The third-order valence-electron chi connectivity index (χ3n) is 3.12. The number of halogens is 1. The molecule has 0 aliphatic carbocycles. The zero-order valence-electron chi connectivity index (χ0n) is 11.4. The lowest BCUT2D eigenvalue weighted by molar-refractivity contribution is -0.385. The fourth-order valence-electron chi connectivity index (χ4n) is 1.98. The molecule has 2 aromatic carbocycles. The largest absolute Gasteiger partial charge is 0.380 e. The van der Waals surface area contributed by atoms with E-state index in [4.69, 9.17) is 17.0 Å². The molecule has 0 radical (unpaired) electrons. The molecule has 2 aromatic rings. The maximum atomic E-state index is 10.9. The van der Waals surface area contributed by atoms with Crippen molar-refractivity contribution in [2.75, 3.05) is 5.32 Å². The fraction of sp³-hybridized carbons (Fsp3) is 0.133. The molecule has 0 saturated heterocycles. The average Bonchev–Trinajstić information content (AvgIpc) is 2.46. The van der Waals surface area contributed by atoms with Gasteiger partial charge in [0, 0.05) is 40.7 Å². The molecular weight excluding hydrogens is 290 g/mol. The van der Waals surface area contributed by atoms with Gasteiger partial charge in [-0.2, -0.15) is 0 Å². The zero-order chi connectivity index (χ0) is 15.4. The van der Waals surface area contributed by atoms with Gasteiger partial charge in [-0.1, -0.05) is 23.7 Å². The van der Waals surface area contributed by atoms with Gasteiger partial charge in [0.25, 0.3) is 5.69 Å². The van der Waals surface area contributed by atoms with E-state index in [0.717, 1.165) is 11.8 Å². The van der Waals surface area contributed by atoms with Crippen molar-refractivity contribution < 1.29 is 4.92 Å². The molecule has 6 heteroatoms. The number of hydrogen-bond acceptors (Lipinski definition) is 4. The first-order valence-corrected chi connectivity index (χ1v) is 6.67. The molecule has 0 atom stereocenters. The SMILES string of the molecule is Cc1cc(NCc2ccc(Cl)cc2)c(C=N)cc1[N+](=O)[O-]. The van der Waals surface area contributed by atoms with Crippen molar-refractivity contribution >= 4 is 29.2 Å². The van der Waals surface area contributed by atoms with Gasteiger partial charge in [0.2, 0.25) is 0 Å². The lowest BCUT2D eigenvalue weighted by Gasteiger charge is -2.11. The van der Waals surface area contributed by atoms with E-state index in [-0.39, 0.29) is 5.69 Å². The van der Waals surface area contributed by atoms with Crippen LogP contribution in [0.15, 0.2) is 36.4 Å². The Morgan fingerprint density at radius 3 is 2.57 bits per heavy atom. The van der Waals surface area contributed by atoms with E-state index in [2.05, 4.69) is 5.32 Å². The predicted octanol–water partition coefficient (Wildman–Crippen LogP) is 4.17. The Balaban J connectivity index is 2.23. The van der Waals surface area contributed by atoms with E-state index in [9.17, 15) is 10.1 Å². The van der Waals surface area contributed by atoms with Gasteiger partial charge in [-0.05, 0) is 30.7 Å². The van der Waals surface area contributed by atoms with Crippen molar-refractivity contribution in [3.8, 4) is 0 Å². The molecular formula is C15H14ClN3O2. The molecule has 5 nitrogen and oxygen atoms in total. The van der Waals surface area contributed by atoms with Crippen molar-refractivity contribution in [3.05, 3.63) is 68.2 Å². The number of nitrogens with zero attached hydrogens (tertiary/aromatic N) is 1. The van der Waals surface area contributed by atoms with E-state index < -0.39 is 4.92 Å². The summed E-state index contributed by atoms with van der Waals surface area (Å²) in [7, 11) is 0. The topological polar surface area (TPSA) is 79.0 Å². The number of benzene rings is 2. The van der Waals surface area contributed by atoms with Crippen LogP contribution in [0.1, 0.15) is 16.7 Å². The summed E-state index contributed by atoms with van der Waals surface area (Å²) in [5.41, 5.74) is 2.80. The molecule has 0 aromatic heterocycles. The van der Waals surface area contributed by atoms with Crippen LogP contribution in [0.3, 0.4) is 0 Å². The van der Waals surface area contributed by atoms with E-state index in [0.29, 0.717) is 28.4 Å². The molecule has 0 saturated carbocycles. The van der Waals surface area contributed by atoms with Crippen molar-refractivity contribution in [1.29, 1.82) is 5.41 Å². The number of nitro groups is 1. The highest BCUT2D eigenvalue weighted by molar-refractivity contribution is 6.30. The molecule has 0 heterocycles. The Hall–Kier alpha value is -2.40. The summed E-state index contributed by atoms with van der Waals surface area (Å²) in [6.45, 7) is 2.23. The summed E-state index contributed by atoms with van der Waals surface area (Å²) >= 11 is 5.83. The molecule has 0 bridgehead atoms. The number of nitrogens with one attached hydrogen (secondary N) is 2. The van der Waals surface area contributed by atoms with Crippen LogP contribution in [0.25, 0.3) is 0 Å². The van der Waals surface area contributed by atoms with E-state index in [1.807, 2.05) is 12.1 Å². The van der Waals surface area contributed by atoms with Crippen LogP contribution >= 0.6 is 11.6 Å². The van der Waals surface area contributed by atoms with Crippen LogP contribution in [-0.2, 0) is 6.54 Å². The maximum Gasteiger partial charge on any atom is 0.273 e. The molecule has 0 aliphatic heterocycles. The minimum absolute atomic E-state index is 0.0190. The highest BCUT2D eigenvalue weighted by atomic mass is 35.5. The normalized spacial score (nSPS) is 10.2. The van der Waals surface area contributed by atoms with Crippen LogP contribution in [-0.4, -0.2) is 11.1 Å². The van der Waals surface area contributed by atoms with Gasteiger partial charge in [0.1, 0.15) is 0 Å². The number of aryl methyl sites for hydroxylation is 1. The molecule has 0 fully saturated rings. The second-order valence-electron chi connectivity index (χ2n) is 4.61. The van der Waals surface area contributed by atoms with Crippen molar-refractivity contribution in [3.63, 3.8) is 0 Å². The maximum absolute atomic E-state index is 10.9. The highest BCUT2D eigenvalue weighted by Crippen LogP contribution is 2.26. The molecule has 0 amide bonds. The lowest BCUT2D eigenvalue weighted by Crippen LogP contribution is -2.04. The average molecular weight is 304 g/mol. The summed E-state index contributed by atoms with van der Waals surface area (Å²) in [6, 6.07) is 10.5. The molecule has 0 spiro atoms. The molecule has 0 aliphatic rings. The lowest BCUT2D eigenvalue weighted by atomic mass is 10.1. The second-order valence-corrected chi connectivity index (χ2v) is 5.04. The van der Waals surface area contributed by atoms with Gasteiger partial charge in [-0.3, -0.25) is 10.1 Å². The van der Waals surface area contributed by atoms with E-state index >= 15 is 0 Å². The minimum atomic E-state index is -0.439. The van der Waals surface area contributed by atoms with Gasteiger partial charge in [0.15, 0.2) is 0 Å². The van der Waals surface area contributed by atoms with E-state index in [1.165, 1.54) is 6.07 Å².